The number of carboxylic acids is 1. The van der Waals surface area contributed by atoms with Crippen LogP contribution in [0, 0.1) is 0 Å². The van der Waals surface area contributed by atoms with Crippen LogP contribution in [0.2, 0.25) is 0 Å². The maximum absolute atomic E-state index is 13.0. The van der Waals surface area contributed by atoms with Crippen molar-refractivity contribution in [2.24, 2.45) is 0 Å². The minimum atomic E-state index is -3.84. The van der Waals surface area contributed by atoms with Gasteiger partial charge in [-0.15, -0.1) is 0 Å². The summed E-state index contributed by atoms with van der Waals surface area (Å²) in [4.78, 5) is 24.4. The quantitative estimate of drug-likeness (QED) is 0.747. The first kappa shape index (κ1) is 20.4. The maximum Gasteiger partial charge on any atom is 0.305 e. The van der Waals surface area contributed by atoms with Crippen molar-refractivity contribution in [3.63, 3.8) is 0 Å². The van der Waals surface area contributed by atoms with Crippen LogP contribution in [0.3, 0.4) is 0 Å². The Hall–Kier alpha value is -2.87. The summed E-state index contributed by atoms with van der Waals surface area (Å²) in [5, 5.41) is 8.74. The number of anilines is 1. The molecule has 7 nitrogen and oxygen atoms in total. The highest BCUT2D eigenvalue weighted by molar-refractivity contribution is 7.92. The van der Waals surface area contributed by atoms with Crippen molar-refractivity contribution in [1.29, 1.82) is 0 Å². The molecule has 0 aromatic heterocycles. The van der Waals surface area contributed by atoms with Gasteiger partial charge in [-0.3, -0.25) is 13.9 Å². The summed E-state index contributed by atoms with van der Waals surface area (Å²) in [6, 6.07) is 14.5. The molecular weight excluding hydrogens is 368 g/mol. The number of carboxylic acid groups (broad SMARTS) is 1. The van der Waals surface area contributed by atoms with Crippen LogP contribution < -0.4 is 4.31 Å². The van der Waals surface area contributed by atoms with Gasteiger partial charge in [-0.1, -0.05) is 24.3 Å². The third-order valence-electron chi connectivity index (χ3n) is 4.01. The van der Waals surface area contributed by atoms with Gasteiger partial charge in [0, 0.05) is 25.7 Å². The second-order valence-electron chi connectivity index (χ2n) is 5.90. The van der Waals surface area contributed by atoms with E-state index in [2.05, 4.69) is 0 Å². The minimum absolute atomic E-state index is 0.00527. The van der Waals surface area contributed by atoms with Gasteiger partial charge in [0.2, 0.25) is 0 Å². The molecule has 0 saturated carbocycles. The third-order valence-corrected chi connectivity index (χ3v) is 5.91. The molecule has 2 aromatic carbocycles. The zero-order chi connectivity index (χ0) is 20.0. The molecule has 1 N–H and O–H groups in total. The molecule has 2 aromatic rings. The van der Waals surface area contributed by atoms with E-state index in [-0.39, 0.29) is 30.0 Å². The van der Waals surface area contributed by atoms with Gasteiger partial charge < -0.3 is 10.0 Å². The molecule has 0 aliphatic heterocycles. The number of carbonyl (C=O) groups is 2. The van der Waals surface area contributed by atoms with Gasteiger partial charge in [-0.25, -0.2) is 8.42 Å². The van der Waals surface area contributed by atoms with Crippen molar-refractivity contribution >= 4 is 27.6 Å². The average molecular weight is 390 g/mol. The number of aliphatic carboxylic acids is 1. The smallest absolute Gasteiger partial charge is 0.305 e. The first-order valence-corrected chi connectivity index (χ1v) is 9.86. The number of hydrogen-bond acceptors (Lipinski definition) is 4. The highest BCUT2D eigenvalue weighted by Gasteiger charge is 2.25. The minimum Gasteiger partial charge on any atom is -0.481 e. The van der Waals surface area contributed by atoms with Crippen LogP contribution in [-0.4, -0.2) is 50.4 Å². The van der Waals surface area contributed by atoms with Crippen LogP contribution in [0.15, 0.2) is 59.5 Å². The fourth-order valence-electron chi connectivity index (χ4n) is 2.59. The van der Waals surface area contributed by atoms with E-state index in [9.17, 15) is 18.0 Å². The van der Waals surface area contributed by atoms with Crippen LogP contribution in [0.4, 0.5) is 5.69 Å². The Balaban J connectivity index is 2.32. The summed E-state index contributed by atoms with van der Waals surface area (Å²) < 4.78 is 27.4. The van der Waals surface area contributed by atoms with Crippen molar-refractivity contribution in [2.75, 3.05) is 24.4 Å². The molecule has 1 amide bonds. The number of sulfonamides is 1. The first-order chi connectivity index (χ1) is 12.8. The van der Waals surface area contributed by atoms with Crippen LogP contribution in [0.25, 0.3) is 0 Å². The molecule has 27 heavy (non-hydrogen) atoms. The Labute approximate surface area is 158 Å². The third kappa shape index (κ3) is 4.85. The molecular formula is C19H22N2O5S. The molecule has 0 radical (unpaired) electrons. The molecule has 0 bridgehead atoms. The van der Waals surface area contributed by atoms with Gasteiger partial charge >= 0.3 is 5.97 Å². The predicted octanol–water partition coefficient (Wildman–Crippen LogP) is 2.45. The summed E-state index contributed by atoms with van der Waals surface area (Å²) in [5.74, 6) is -1.44. The molecule has 0 saturated heterocycles. The zero-order valence-corrected chi connectivity index (χ0v) is 16.0. The lowest BCUT2D eigenvalue weighted by molar-refractivity contribution is -0.137. The Bertz CT molecular complexity index is 913. The van der Waals surface area contributed by atoms with Gasteiger partial charge in [0.25, 0.3) is 15.9 Å². The largest absolute Gasteiger partial charge is 0.481 e. The summed E-state index contributed by atoms with van der Waals surface area (Å²) in [6.07, 6.45) is -0.183. The Morgan fingerprint density at radius 3 is 2.30 bits per heavy atom. The lowest BCUT2D eigenvalue weighted by Crippen LogP contribution is -2.31. The average Bonchev–Trinajstić information content (AvgIpc) is 2.66. The monoisotopic (exact) mass is 390 g/mol. The fraction of sp³-hybridized carbons (Fsp3) is 0.263. The topological polar surface area (TPSA) is 95.0 Å². The van der Waals surface area contributed by atoms with Crippen molar-refractivity contribution < 1.29 is 23.1 Å². The maximum atomic E-state index is 13.0. The van der Waals surface area contributed by atoms with E-state index in [0.29, 0.717) is 5.69 Å². The van der Waals surface area contributed by atoms with E-state index >= 15 is 0 Å². The summed E-state index contributed by atoms with van der Waals surface area (Å²) >= 11 is 0. The van der Waals surface area contributed by atoms with Crippen molar-refractivity contribution in [3.8, 4) is 0 Å². The number of para-hydroxylation sites is 1. The molecule has 0 atom stereocenters. The summed E-state index contributed by atoms with van der Waals surface area (Å²) in [5.41, 5.74) is 0.725. The van der Waals surface area contributed by atoms with E-state index < -0.39 is 21.9 Å². The van der Waals surface area contributed by atoms with Gasteiger partial charge in [0.15, 0.2) is 0 Å². The Kier molecular flexibility index (Phi) is 6.57. The van der Waals surface area contributed by atoms with Crippen LogP contribution in [0.5, 0.6) is 0 Å². The fourth-order valence-corrected chi connectivity index (χ4v) is 4.11. The van der Waals surface area contributed by atoms with Crippen LogP contribution in [-0.2, 0) is 14.8 Å². The second kappa shape index (κ2) is 8.68. The van der Waals surface area contributed by atoms with Gasteiger partial charge in [-0.2, -0.15) is 0 Å². The zero-order valence-electron chi connectivity index (χ0n) is 15.2. The van der Waals surface area contributed by atoms with Crippen LogP contribution in [0.1, 0.15) is 23.7 Å². The molecule has 0 heterocycles. The summed E-state index contributed by atoms with van der Waals surface area (Å²) in [7, 11) is -2.36. The van der Waals surface area contributed by atoms with E-state index in [1.165, 1.54) is 40.5 Å². The van der Waals surface area contributed by atoms with Crippen LogP contribution >= 0.6 is 0 Å². The molecule has 0 aliphatic rings. The molecule has 8 heteroatoms. The number of amides is 1. The molecule has 0 fully saturated rings. The molecule has 0 aliphatic carbocycles. The lowest BCUT2D eigenvalue weighted by atomic mass is 10.2. The highest BCUT2D eigenvalue weighted by atomic mass is 32.2. The van der Waals surface area contributed by atoms with E-state index in [1.807, 2.05) is 0 Å². The van der Waals surface area contributed by atoms with Crippen molar-refractivity contribution in [2.45, 2.75) is 18.2 Å². The Morgan fingerprint density at radius 2 is 1.70 bits per heavy atom. The van der Waals surface area contributed by atoms with Gasteiger partial charge in [-0.05, 0) is 37.3 Å². The predicted molar refractivity (Wildman–Crippen MR) is 102 cm³/mol. The van der Waals surface area contributed by atoms with E-state index in [1.54, 1.807) is 37.3 Å². The number of nitrogens with zero attached hydrogens (tertiary/aromatic N) is 2. The van der Waals surface area contributed by atoms with Crippen molar-refractivity contribution in [3.05, 3.63) is 60.2 Å². The SMILES string of the molecule is CCN(c1ccccc1)S(=O)(=O)c1cccc(C(=O)N(C)CCC(=O)O)c1. The number of rotatable bonds is 8. The molecule has 2 rings (SSSR count). The van der Waals surface area contributed by atoms with Gasteiger partial charge in [0.05, 0.1) is 17.0 Å². The van der Waals surface area contributed by atoms with Crippen molar-refractivity contribution in [1.82, 2.24) is 4.90 Å². The van der Waals surface area contributed by atoms with E-state index in [0.717, 1.165) is 0 Å². The lowest BCUT2D eigenvalue weighted by Gasteiger charge is -2.23. The first-order valence-electron chi connectivity index (χ1n) is 8.42. The normalized spacial score (nSPS) is 11.0. The summed E-state index contributed by atoms with van der Waals surface area (Å²) in [6.45, 7) is 2.01. The highest BCUT2D eigenvalue weighted by Crippen LogP contribution is 2.24. The standard InChI is InChI=1S/C19H22N2O5S/c1-3-21(16-9-5-4-6-10-16)27(25,26)17-11-7-8-15(14-17)19(24)20(2)13-12-18(22)23/h4-11,14H,3,12-13H2,1-2H3,(H,22,23). The number of benzene rings is 2. The van der Waals surface area contributed by atoms with E-state index in [4.69, 9.17) is 5.11 Å². The molecule has 0 unspecified atom stereocenters. The number of hydrogen-bond donors (Lipinski definition) is 1. The second-order valence-corrected chi connectivity index (χ2v) is 7.77. The molecule has 144 valence electrons. The number of carbonyl (C=O) groups excluding carboxylic acids is 1. The molecule has 0 spiro atoms. The Morgan fingerprint density at radius 1 is 1.04 bits per heavy atom. The van der Waals surface area contributed by atoms with Gasteiger partial charge in [0.1, 0.15) is 0 Å².